The van der Waals surface area contributed by atoms with Gasteiger partial charge in [-0.05, 0) is 39.0 Å². The number of carbonyl (C=O) groups is 2. The van der Waals surface area contributed by atoms with Crippen LogP contribution in [0.15, 0.2) is 18.2 Å². The lowest BCUT2D eigenvalue weighted by Crippen LogP contribution is -2.55. The minimum absolute atomic E-state index is 0.180. The first kappa shape index (κ1) is 18.3. The van der Waals surface area contributed by atoms with Crippen molar-refractivity contribution in [3.63, 3.8) is 0 Å². The molecule has 0 heterocycles. The number of alkyl halides is 1. The third-order valence-corrected chi connectivity index (χ3v) is 3.40. The molecule has 0 aliphatic carbocycles. The monoisotopic (exact) mass is 394 g/mol. The summed E-state index contributed by atoms with van der Waals surface area (Å²) in [6.45, 7) is 5.51. The van der Waals surface area contributed by atoms with Gasteiger partial charge in [0.1, 0.15) is 0 Å². The Morgan fingerprint density at radius 1 is 1.19 bits per heavy atom. The van der Waals surface area contributed by atoms with Crippen LogP contribution in [0.25, 0.3) is 0 Å². The van der Waals surface area contributed by atoms with Crippen molar-refractivity contribution < 1.29 is 9.59 Å². The van der Waals surface area contributed by atoms with Crippen LogP contribution < -0.4 is 5.43 Å². The lowest BCUT2D eigenvalue weighted by molar-refractivity contribution is -0.138. The molecule has 1 aromatic rings. The van der Waals surface area contributed by atoms with E-state index in [1.165, 1.54) is 23.2 Å². The molecule has 2 amide bonds. The van der Waals surface area contributed by atoms with Crippen molar-refractivity contribution in [2.45, 2.75) is 32.7 Å². The fraction of sp³-hybridized carbons (Fsp3) is 0.429. The Hall–Kier alpha value is -0.780. The van der Waals surface area contributed by atoms with Crippen LogP contribution in [0.5, 0.6) is 0 Å². The summed E-state index contributed by atoms with van der Waals surface area (Å²) in [6, 6.07) is 4.54. The van der Waals surface area contributed by atoms with Gasteiger partial charge in [-0.25, -0.2) is 5.01 Å². The number of hydrogen-bond acceptors (Lipinski definition) is 2. The highest BCUT2D eigenvalue weighted by molar-refractivity contribution is 9.09. The molecule has 4 nitrogen and oxygen atoms in total. The Bertz CT molecular complexity index is 524. The molecule has 0 saturated carbocycles. The molecule has 116 valence electrons. The first-order valence-electron chi connectivity index (χ1n) is 6.31. The summed E-state index contributed by atoms with van der Waals surface area (Å²) in [7, 11) is 0. The van der Waals surface area contributed by atoms with Gasteiger partial charge in [0.05, 0.1) is 5.54 Å². The maximum Gasteiger partial charge on any atom is 0.269 e. The van der Waals surface area contributed by atoms with E-state index in [0.29, 0.717) is 20.9 Å². The predicted molar refractivity (Wildman–Crippen MR) is 88.9 cm³/mol. The molecule has 0 spiro atoms. The van der Waals surface area contributed by atoms with Crippen molar-refractivity contribution in [3.8, 4) is 0 Å². The van der Waals surface area contributed by atoms with Gasteiger partial charge in [-0.3, -0.25) is 15.0 Å². The fourth-order valence-corrected chi connectivity index (χ4v) is 2.51. The van der Waals surface area contributed by atoms with E-state index in [4.69, 9.17) is 23.2 Å². The molecule has 1 rings (SSSR count). The number of benzene rings is 1. The zero-order chi connectivity index (χ0) is 16.2. The Balaban J connectivity index is 2.98. The van der Waals surface area contributed by atoms with Crippen molar-refractivity contribution >= 4 is 50.9 Å². The van der Waals surface area contributed by atoms with Gasteiger partial charge < -0.3 is 0 Å². The van der Waals surface area contributed by atoms with E-state index in [1.54, 1.807) is 0 Å². The van der Waals surface area contributed by atoms with Gasteiger partial charge >= 0.3 is 0 Å². The lowest BCUT2D eigenvalue weighted by Gasteiger charge is -2.35. The molecule has 0 saturated heterocycles. The van der Waals surface area contributed by atoms with Gasteiger partial charge in [-0.15, -0.1) is 0 Å². The molecule has 0 aliphatic rings. The van der Waals surface area contributed by atoms with Gasteiger partial charge in [0.2, 0.25) is 5.91 Å². The zero-order valence-electron chi connectivity index (χ0n) is 12.0. The van der Waals surface area contributed by atoms with Crippen molar-refractivity contribution in [1.29, 1.82) is 0 Å². The SMILES string of the molecule is CC(C)(C)N(NC(=O)c1cc(Cl)cc(Cl)c1)C(=O)CCBr. The number of amides is 2. The zero-order valence-corrected chi connectivity index (χ0v) is 15.1. The molecule has 0 aliphatic heterocycles. The van der Waals surface area contributed by atoms with Crippen LogP contribution in [0, 0.1) is 0 Å². The first-order chi connectivity index (χ1) is 9.65. The standard InChI is InChI=1S/C14H17BrCl2N2O2/c1-14(2,3)19(12(20)4-5-15)18-13(21)9-6-10(16)8-11(17)7-9/h6-8H,4-5H2,1-3H3,(H,18,21). The Morgan fingerprint density at radius 3 is 2.14 bits per heavy atom. The van der Waals surface area contributed by atoms with Crippen molar-refractivity contribution in [1.82, 2.24) is 10.4 Å². The summed E-state index contributed by atoms with van der Waals surface area (Å²) in [6.07, 6.45) is 0.286. The molecule has 0 aromatic heterocycles. The van der Waals surface area contributed by atoms with E-state index >= 15 is 0 Å². The molecule has 0 radical (unpaired) electrons. The Labute approximate surface area is 142 Å². The summed E-state index contributed by atoms with van der Waals surface area (Å²) in [5.41, 5.74) is 2.37. The number of nitrogens with zero attached hydrogens (tertiary/aromatic N) is 1. The normalized spacial score (nSPS) is 11.1. The molecular weight excluding hydrogens is 379 g/mol. The molecule has 21 heavy (non-hydrogen) atoms. The number of halogens is 3. The molecule has 7 heteroatoms. The topological polar surface area (TPSA) is 49.4 Å². The summed E-state index contributed by atoms with van der Waals surface area (Å²) < 4.78 is 0. The Morgan fingerprint density at radius 2 is 1.71 bits per heavy atom. The number of nitrogens with one attached hydrogen (secondary N) is 1. The van der Waals surface area contributed by atoms with Crippen LogP contribution in [0.3, 0.4) is 0 Å². The number of hydrogen-bond donors (Lipinski definition) is 1. The summed E-state index contributed by atoms with van der Waals surface area (Å²) in [5, 5.41) is 2.58. The highest BCUT2D eigenvalue weighted by Gasteiger charge is 2.28. The molecule has 1 aromatic carbocycles. The molecule has 0 atom stereocenters. The van der Waals surface area contributed by atoms with Crippen molar-refractivity contribution in [3.05, 3.63) is 33.8 Å². The van der Waals surface area contributed by atoms with Crippen molar-refractivity contribution in [2.75, 3.05) is 5.33 Å². The largest absolute Gasteiger partial charge is 0.273 e. The average Bonchev–Trinajstić information content (AvgIpc) is 2.33. The van der Waals surface area contributed by atoms with E-state index in [1.807, 2.05) is 20.8 Å². The third kappa shape index (κ3) is 5.49. The number of carbonyl (C=O) groups excluding carboxylic acids is 2. The quantitative estimate of drug-likeness (QED) is 0.619. The third-order valence-electron chi connectivity index (χ3n) is 2.57. The Kier molecular flexibility index (Phi) is 6.50. The van der Waals surface area contributed by atoms with Crippen LogP contribution in [0.1, 0.15) is 37.6 Å². The van der Waals surface area contributed by atoms with E-state index in [2.05, 4.69) is 21.4 Å². The molecular formula is C14H17BrCl2N2O2. The molecule has 0 bridgehead atoms. The second-order valence-electron chi connectivity index (χ2n) is 5.44. The van der Waals surface area contributed by atoms with Crippen LogP contribution in [0.2, 0.25) is 10.0 Å². The van der Waals surface area contributed by atoms with Crippen LogP contribution in [-0.2, 0) is 4.79 Å². The second kappa shape index (κ2) is 7.47. The van der Waals surface area contributed by atoms with E-state index < -0.39 is 11.4 Å². The van der Waals surface area contributed by atoms with E-state index in [-0.39, 0.29) is 12.3 Å². The molecule has 1 N–H and O–H groups in total. The summed E-state index contributed by atoms with van der Waals surface area (Å²) in [4.78, 5) is 24.4. The molecule has 0 unspecified atom stereocenters. The highest BCUT2D eigenvalue weighted by Crippen LogP contribution is 2.20. The summed E-state index contributed by atoms with van der Waals surface area (Å²) >= 11 is 15.0. The second-order valence-corrected chi connectivity index (χ2v) is 7.10. The maximum absolute atomic E-state index is 12.3. The minimum Gasteiger partial charge on any atom is -0.273 e. The van der Waals surface area contributed by atoms with E-state index in [9.17, 15) is 9.59 Å². The van der Waals surface area contributed by atoms with Crippen molar-refractivity contribution in [2.24, 2.45) is 0 Å². The van der Waals surface area contributed by atoms with Gasteiger partial charge in [-0.1, -0.05) is 39.1 Å². The van der Waals surface area contributed by atoms with Gasteiger partial charge in [0.25, 0.3) is 5.91 Å². The maximum atomic E-state index is 12.3. The first-order valence-corrected chi connectivity index (χ1v) is 8.19. The molecule has 0 fully saturated rings. The highest BCUT2D eigenvalue weighted by atomic mass is 79.9. The van der Waals surface area contributed by atoms with Crippen LogP contribution >= 0.6 is 39.1 Å². The van der Waals surface area contributed by atoms with Gasteiger partial charge in [-0.2, -0.15) is 0 Å². The lowest BCUT2D eigenvalue weighted by atomic mass is 10.1. The smallest absolute Gasteiger partial charge is 0.269 e. The average molecular weight is 396 g/mol. The minimum atomic E-state index is -0.544. The number of rotatable bonds is 3. The summed E-state index contributed by atoms with van der Waals surface area (Å²) in [5.74, 6) is -0.613. The van der Waals surface area contributed by atoms with Crippen LogP contribution in [0.4, 0.5) is 0 Å². The van der Waals surface area contributed by atoms with Gasteiger partial charge in [0, 0.05) is 27.4 Å². The fourth-order valence-electron chi connectivity index (χ4n) is 1.65. The number of hydrazine groups is 1. The predicted octanol–water partition coefficient (Wildman–Crippen LogP) is 4.05. The van der Waals surface area contributed by atoms with E-state index in [0.717, 1.165) is 0 Å². The van der Waals surface area contributed by atoms with Crippen LogP contribution in [-0.4, -0.2) is 27.7 Å². The van der Waals surface area contributed by atoms with Gasteiger partial charge in [0.15, 0.2) is 0 Å².